The Bertz CT molecular complexity index is 329. The molecule has 2 rings (SSSR count). The number of carboxylic acids is 1. The molecule has 0 radical (unpaired) electrons. The fourth-order valence-electron chi connectivity index (χ4n) is 2.89. The van der Waals surface area contributed by atoms with Gasteiger partial charge in [0.1, 0.15) is 0 Å². The van der Waals surface area contributed by atoms with E-state index in [1.54, 1.807) is 0 Å². The Morgan fingerprint density at radius 2 is 1.89 bits per heavy atom. The number of carbonyl (C=O) groups is 2. The Labute approximate surface area is 114 Å². The van der Waals surface area contributed by atoms with Crippen LogP contribution in [0, 0.1) is 17.8 Å². The molecule has 0 heterocycles. The Morgan fingerprint density at radius 1 is 1.11 bits per heavy atom. The third kappa shape index (κ3) is 4.73. The predicted molar refractivity (Wildman–Crippen MR) is 71.8 cm³/mol. The summed E-state index contributed by atoms with van der Waals surface area (Å²) < 4.78 is 0. The van der Waals surface area contributed by atoms with Gasteiger partial charge in [-0.3, -0.25) is 4.79 Å². The van der Waals surface area contributed by atoms with Gasteiger partial charge in [0.2, 0.25) is 0 Å². The van der Waals surface area contributed by atoms with E-state index < -0.39 is 5.97 Å². The van der Waals surface area contributed by atoms with E-state index in [4.69, 9.17) is 5.11 Å². The SMILES string of the molecule is O=C(NCCCC1CC1)NCC1CCCC1C(=O)O. The number of nitrogens with one attached hydrogen (secondary N) is 2. The molecular formula is C14H24N2O3. The topological polar surface area (TPSA) is 78.4 Å². The van der Waals surface area contributed by atoms with Crippen LogP contribution in [0.2, 0.25) is 0 Å². The molecule has 2 fully saturated rings. The van der Waals surface area contributed by atoms with Gasteiger partial charge in [0.25, 0.3) is 0 Å². The van der Waals surface area contributed by atoms with Gasteiger partial charge in [-0.05, 0) is 37.5 Å². The minimum Gasteiger partial charge on any atom is -0.481 e. The van der Waals surface area contributed by atoms with E-state index in [0.717, 1.165) is 38.1 Å². The molecule has 108 valence electrons. The minimum absolute atomic E-state index is 0.0923. The molecule has 0 saturated heterocycles. The molecular weight excluding hydrogens is 244 g/mol. The molecule has 0 aromatic rings. The fourth-order valence-corrected chi connectivity index (χ4v) is 2.89. The van der Waals surface area contributed by atoms with Crippen molar-refractivity contribution in [2.75, 3.05) is 13.1 Å². The van der Waals surface area contributed by atoms with Crippen molar-refractivity contribution in [1.29, 1.82) is 0 Å². The molecule has 3 N–H and O–H groups in total. The maximum Gasteiger partial charge on any atom is 0.314 e. The van der Waals surface area contributed by atoms with Crippen LogP contribution in [0.25, 0.3) is 0 Å². The van der Waals surface area contributed by atoms with E-state index >= 15 is 0 Å². The molecule has 5 heteroatoms. The molecule has 5 nitrogen and oxygen atoms in total. The maximum atomic E-state index is 11.6. The van der Waals surface area contributed by atoms with E-state index in [1.165, 1.54) is 19.3 Å². The zero-order valence-electron chi connectivity index (χ0n) is 11.4. The number of aliphatic carboxylic acids is 1. The quantitative estimate of drug-likeness (QED) is 0.618. The molecule has 0 aromatic heterocycles. The molecule has 2 atom stereocenters. The molecule has 2 aliphatic carbocycles. The highest BCUT2D eigenvalue weighted by atomic mass is 16.4. The molecule has 2 unspecified atom stereocenters. The average molecular weight is 268 g/mol. The summed E-state index contributed by atoms with van der Waals surface area (Å²) in [6.07, 6.45) is 7.55. The highest BCUT2D eigenvalue weighted by Gasteiger charge is 2.32. The maximum absolute atomic E-state index is 11.6. The number of carboxylic acid groups (broad SMARTS) is 1. The first-order valence-electron chi connectivity index (χ1n) is 7.41. The summed E-state index contributed by atoms with van der Waals surface area (Å²) in [6.45, 7) is 1.20. The van der Waals surface area contributed by atoms with Crippen LogP contribution in [0.4, 0.5) is 4.79 Å². The summed E-state index contributed by atoms with van der Waals surface area (Å²) in [5, 5.41) is 14.7. The first kappa shape index (κ1) is 14.2. The summed E-state index contributed by atoms with van der Waals surface area (Å²) in [6, 6.07) is -0.160. The minimum atomic E-state index is -0.728. The van der Waals surface area contributed by atoms with Gasteiger partial charge in [0, 0.05) is 13.1 Å². The standard InChI is InChI=1S/C14H24N2O3/c17-13(18)12-5-1-4-11(12)9-16-14(19)15-8-2-3-10-6-7-10/h10-12H,1-9H2,(H,17,18)(H2,15,16,19). The normalized spacial score (nSPS) is 26.1. The van der Waals surface area contributed by atoms with Gasteiger partial charge in [0.05, 0.1) is 5.92 Å². The number of amides is 2. The number of hydrogen-bond donors (Lipinski definition) is 3. The van der Waals surface area contributed by atoms with E-state index in [1.807, 2.05) is 0 Å². The monoisotopic (exact) mass is 268 g/mol. The van der Waals surface area contributed by atoms with Crippen LogP contribution >= 0.6 is 0 Å². The largest absolute Gasteiger partial charge is 0.481 e. The van der Waals surface area contributed by atoms with E-state index in [9.17, 15) is 9.59 Å². The van der Waals surface area contributed by atoms with Crippen LogP contribution in [0.1, 0.15) is 44.9 Å². The number of urea groups is 1. The highest BCUT2D eigenvalue weighted by molar-refractivity contribution is 5.74. The number of carbonyl (C=O) groups excluding carboxylic acids is 1. The van der Waals surface area contributed by atoms with Crippen molar-refractivity contribution < 1.29 is 14.7 Å². The molecule has 0 aliphatic heterocycles. The van der Waals surface area contributed by atoms with Crippen molar-refractivity contribution in [2.45, 2.75) is 44.9 Å². The van der Waals surface area contributed by atoms with E-state index in [-0.39, 0.29) is 17.9 Å². The molecule has 2 amide bonds. The van der Waals surface area contributed by atoms with Crippen LogP contribution in [-0.2, 0) is 4.79 Å². The fraction of sp³-hybridized carbons (Fsp3) is 0.857. The molecule has 0 bridgehead atoms. The van der Waals surface area contributed by atoms with Crippen molar-refractivity contribution in [1.82, 2.24) is 10.6 Å². The first-order chi connectivity index (χ1) is 9.16. The molecule has 2 aliphatic rings. The van der Waals surface area contributed by atoms with Gasteiger partial charge in [-0.15, -0.1) is 0 Å². The summed E-state index contributed by atoms with van der Waals surface area (Å²) >= 11 is 0. The smallest absolute Gasteiger partial charge is 0.314 e. The summed E-state index contributed by atoms with van der Waals surface area (Å²) in [5.41, 5.74) is 0. The van der Waals surface area contributed by atoms with Crippen molar-refractivity contribution in [2.24, 2.45) is 17.8 Å². The zero-order valence-corrected chi connectivity index (χ0v) is 11.4. The highest BCUT2D eigenvalue weighted by Crippen LogP contribution is 2.33. The number of hydrogen-bond acceptors (Lipinski definition) is 2. The van der Waals surface area contributed by atoms with Gasteiger partial charge in [-0.1, -0.05) is 19.3 Å². The third-order valence-corrected chi connectivity index (χ3v) is 4.27. The van der Waals surface area contributed by atoms with Crippen molar-refractivity contribution in [3.63, 3.8) is 0 Å². The first-order valence-corrected chi connectivity index (χ1v) is 7.41. The van der Waals surface area contributed by atoms with Crippen LogP contribution in [0.5, 0.6) is 0 Å². The second kappa shape index (κ2) is 6.78. The summed E-state index contributed by atoms with van der Waals surface area (Å²) in [4.78, 5) is 22.6. The van der Waals surface area contributed by atoms with Crippen LogP contribution in [-0.4, -0.2) is 30.2 Å². The zero-order chi connectivity index (χ0) is 13.7. The molecule has 2 saturated carbocycles. The summed E-state index contributed by atoms with van der Waals surface area (Å²) in [7, 11) is 0. The second-order valence-electron chi connectivity index (χ2n) is 5.86. The van der Waals surface area contributed by atoms with Crippen LogP contribution < -0.4 is 10.6 Å². The Hall–Kier alpha value is -1.26. The average Bonchev–Trinajstić information content (AvgIpc) is 3.07. The lowest BCUT2D eigenvalue weighted by molar-refractivity contribution is -0.142. The van der Waals surface area contributed by atoms with Gasteiger partial charge in [-0.2, -0.15) is 0 Å². The van der Waals surface area contributed by atoms with Gasteiger partial charge in [-0.25, -0.2) is 4.79 Å². The van der Waals surface area contributed by atoms with Crippen LogP contribution in [0.15, 0.2) is 0 Å². The number of rotatable bonds is 7. The van der Waals surface area contributed by atoms with Gasteiger partial charge in [0.15, 0.2) is 0 Å². The molecule has 0 aromatic carbocycles. The van der Waals surface area contributed by atoms with E-state index in [2.05, 4.69) is 10.6 Å². The molecule has 0 spiro atoms. The third-order valence-electron chi connectivity index (χ3n) is 4.27. The lowest BCUT2D eigenvalue weighted by Crippen LogP contribution is -2.40. The Kier molecular flexibility index (Phi) is 5.05. The van der Waals surface area contributed by atoms with E-state index in [0.29, 0.717) is 6.54 Å². The van der Waals surface area contributed by atoms with Gasteiger partial charge < -0.3 is 15.7 Å². The lowest BCUT2D eigenvalue weighted by atomic mass is 9.96. The second-order valence-corrected chi connectivity index (χ2v) is 5.86. The lowest BCUT2D eigenvalue weighted by Gasteiger charge is -2.16. The molecule has 19 heavy (non-hydrogen) atoms. The van der Waals surface area contributed by atoms with Crippen molar-refractivity contribution in [3.05, 3.63) is 0 Å². The predicted octanol–water partition coefficient (Wildman–Crippen LogP) is 1.98. The Balaban J connectivity index is 1.55. The van der Waals surface area contributed by atoms with Gasteiger partial charge >= 0.3 is 12.0 Å². The summed E-state index contributed by atoms with van der Waals surface area (Å²) in [5.74, 6) is -0.0151. The van der Waals surface area contributed by atoms with Crippen molar-refractivity contribution >= 4 is 12.0 Å². The van der Waals surface area contributed by atoms with Crippen LogP contribution in [0.3, 0.4) is 0 Å². The Morgan fingerprint density at radius 3 is 2.58 bits per heavy atom. The van der Waals surface area contributed by atoms with Crippen molar-refractivity contribution in [3.8, 4) is 0 Å².